The Morgan fingerprint density at radius 3 is 2.86 bits per heavy atom. The van der Waals surface area contributed by atoms with Gasteiger partial charge in [-0.25, -0.2) is 4.79 Å². The Balaban J connectivity index is 1.73. The largest absolute Gasteiger partial charge is 0.335 e. The summed E-state index contributed by atoms with van der Waals surface area (Å²) in [6.45, 7) is 5.43. The van der Waals surface area contributed by atoms with Crippen LogP contribution in [-0.2, 0) is 0 Å². The fraction of sp³-hybridized carbons (Fsp3) is 0.941. The van der Waals surface area contributed by atoms with Crippen LogP contribution in [-0.4, -0.2) is 66.6 Å². The van der Waals surface area contributed by atoms with Gasteiger partial charge in [0.2, 0.25) is 0 Å². The molecule has 1 N–H and O–H groups in total. The van der Waals surface area contributed by atoms with Crippen molar-refractivity contribution in [3.05, 3.63) is 0 Å². The molecule has 1 heterocycles. The highest BCUT2D eigenvalue weighted by molar-refractivity contribution is 7.99. The molecule has 0 aromatic rings. The summed E-state index contributed by atoms with van der Waals surface area (Å²) < 4.78 is 0. The van der Waals surface area contributed by atoms with Gasteiger partial charge in [0.25, 0.3) is 0 Å². The molecule has 0 spiro atoms. The molecule has 1 aliphatic carbocycles. The minimum absolute atomic E-state index is 0.125. The second-order valence-corrected chi connectivity index (χ2v) is 8.62. The third-order valence-corrected chi connectivity index (χ3v) is 6.19. The Kier molecular flexibility index (Phi) is 7.35. The van der Waals surface area contributed by atoms with Crippen molar-refractivity contribution in [2.45, 2.75) is 56.7 Å². The molecule has 2 amide bonds. The van der Waals surface area contributed by atoms with E-state index in [1.54, 1.807) is 0 Å². The Bertz CT molecular complexity index is 351. The van der Waals surface area contributed by atoms with Crippen LogP contribution in [0.3, 0.4) is 0 Å². The Labute approximate surface area is 140 Å². The second-order valence-electron chi connectivity index (χ2n) is 7.04. The molecule has 0 radical (unpaired) electrons. The molecule has 0 aromatic carbocycles. The van der Waals surface area contributed by atoms with Crippen molar-refractivity contribution >= 4 is 17.8 Å². The molecule has 5 heteroatoms. The van der Waals surface area contributed by atoms with Crippen molar-refractivity contribution in [1.29, 1.82) is 0 Å². The van der Waals surface area contributed by atoms with E-state index in [0.717, 1.165) is 31.2 Å². The Morgan fingerprint density at radius 1 is 1.32 bits per heavy atom. The molecule has 2 rings (SSSR count). The summed E-state index contributed by atoms with van der Waals surface area (Å²) in [4.78, 5) is 16.7. The van der Waals surface area contributed by atoms with Crippen LogP contribution in [0.5, 0.6) is 0 Å². The molecule has 2 aliphatic rings. The number of nitrogens with zero attached hydrogens (tertiary/aromatic N) is 2. The number of thioether (sulfide) groups is 1. The molecule has 0 bridgehead atoms. The smallest absolute Gasteiger partial charge is 0.317 e. The number of urea groups is 1. The van der Waals surface area contributed by atoms with Crippen molar-refractivity contribution in [2.24, 2.45) is 5.92 Å². The highest BCUT2D eigenvalue weighted by Crippen LogP contribution is 2.28. The summed E-state index contributed by atoms with van der Waals surface area (Å²) in [6.07, 6.45) is 7.36. The van der Waals surface area contributed by atoms with Gasteiger partial charge >= 0.3 is 6.03 Å². The first-order valence-corrected chi connectivity index (χ1v) is 9.95. The minimum atomic E-state index is 0.125. The van der Waals surface area contributed by atoms with E-state index in [2.05, 4.69) is 24.2 Å². The first-order chi connectivity index (χ1) is 10.6. The highest BCUT2D eigenvalue weighted by atomic mass is 32.2. The molecule has 128 valence electrons. The quantitative estimate of drug-likeness (QED) is 0.843. The zero-order valence-electron chi connectivity index (χ0n) is 14.5. The van der Waals surface area contributed by atoms with E-state index in [4.69, 9.17) is 0 Å². The average Bonchev–Trinajstić information content (AvgIpc) is 2.48. The maximum atomic E-state index is 12.4. The summed E-state index contributed by atoms with van der Waals surface area (Å²) in [5.74, 6) is 1.81. The van der Waals surface area contributed by atoms with Gasteiger partial charge in [-0.1, -0.05) is 13.3 Å². The maximum absolute atomic E-state index is 12.4. The fourth-order valence-electron chi connectivity index (χ4n) is 3.84. The first-order valence-electron chi connectivity index (χ1n) is 8.90. The lowest BCUT2D eigenvalue weighted by molar-refractivity contribution is 0.160. The number of likely N-dealkylation sites (tertiary alicyclic amines) is 1. The van der Waals surface area contributed by atoms with Crippen LogP contribution in [0.15, 0.2) is 0 Å². The summed E-state index contributed by atoms with van der Waals surface area (Å²) in [5.41, 5.74) is 0. The van der Waals surface area contributed by atoms with E-state index in [1.165, 1.54) is 38.0 Å². The number of rotatable bonds is 5. The highest BCUT2D eigenvalue weighted by Gasteiger charge is 2.25. The standard InChI is InChI=1S/C17H33N3OS/c1-4-22-16-9-5-8-15(11-16)18-17(21)20(3)13-14-7-6-10-19(2)12-14/h14-16H,4-13H2,1-3H3,(H,18,21). The molecule has 4 nitrogen and oxygen atoms in total. The third kappa shape index (κ3) is 5.65. The van der Waals surface area contributed by atoms with Gasteiger partial charge in [-0.3, -0.25) is 0 Å². The molecule has 1 saturated carbocycles. The molecule has 2 fully saturated rings. The van der Waals surface area contributed by atoms with Gasteiger partial charge in [0.1, 0.15) is 0 Å². The van der Waals surface area contributed by atoms with Crippen LogP contribution >= 0.6 is 11.8 Å². The van der Waals surface area contributed by atoms with Gasteiger partial charge < -0.3 is 15.1 Å². The lowest BCUT2D eigenvalue weighted by Gasteiger charge is -2.34. The minimum Gasteiger partial charge on any atom is -0.335 e. The number of amides is 2. The van der Waals surface area contributed by atoms with Crippen molar-refractivity contribution in [1.82, 2.24) is 15.1 Å². The third-order valence-electron chi connectivity index (χ3n) is 4.96. The van der Waals surface area contributed by atoms with E-state index in [0.29, 0.717) is 12.0 Å². The molecular weight excluding hydrogens is 294 g/mol. The topological polar surface area (TPSA) is 35.6 Å². The van der Waals surface area contributed by atoms with Crippen molar-refractivity contribution < 1.29 is 4.79 Å². The Morgan fingerprint density at radius 2 is 2.14 bits per heavy atom. The van der Waals surface area contributed by atoms with Crippen LogP contribution < -0.4 is 5.32 Å². The summed E-state index contributed by atoms with van der Waals surface area (Å²) >= 11 is 2.05. The fourth-order valence-corrected chi connectivity index (χ4v) is 5.01. The molecule has 3 unspecified atom stereocenters. The van der Waals surface area contributed by atoms with Gasteiger partial charge in [0, 0.05) is 31.4 Å². The maximum Gasteiger partial charge on any atom is 0.317 e. The number of hydrogen-bond acceptors (Lipinski definition) is 3. The zero-order chi connectivity index (χ0) is 15.9. The van der Waals surface area contributed by atoms with Crippen molar-refractivity contribution in [2.75, 3.05) is 39.5 Å². The van der Waals surface area contributed by atoms with Crippen LogP contribution in [0.1, 0.15) is 45.4 Å². The number of carbonyl (C=O) groups is 1. The van der Waals surface area contributed by atoms with Gasteiger partial charge in [0.05, 0.1) is 0 Å². The Hall–Kier alpha value is -0.420. The van der Waals surface area contributed by atoms with E-state index < -0.39 is 0 Å². The van der Waals surface area contributed by atoms with Crippen LogP contribution in [0, 0.1) is 5.92 Å². The molecule has 22 heavy (non-hydrogen) atoms. The first kappa shape index (κ1) is 17.9. The zero-order valence-corrected chi connectivity index (χ0v) is 15.3. The number of piperidine rings is 1. The predicted octanol–water partition coefficient (Wildman–Crippen LogP) is 3.03. The predicted molar refractivity (Wildman–Crippen MR) is 95.6 cm³/mol. The second kappa shape index (κ2) is 9.02. The summed E-state index contributed by atoms with van der Waals surface area (Å²) in [5, 5.41) is 4.01. The van der Waals surface area contributed by atoms with E-state index in [9.17, 15) is 4.79 Å². The van der Waals surface area contributed by atoms with Crippen molar-refractivity contribution in [3.8, 4) is 0 Å². The van der Waals surface area contributed by atoms with E-state index >= 15 is 0 Å². The SMILES string of the molecule is CCSC1CCCC(NC(=O)N(C)CC2CCCN(C)C2)C1. The van der Waals surface area contributed by atoms with E-state index in [1.807, 2.05) is 23.7 Å². The van der Waals surface area contributed by atoms with Gasteiger partial charge in [-0.05, 0) is 57.4 Å². The lowest BCUT2D eigenvalue weighted by atomic mass is 9.95. The van der Waals surface area contributed by atoms with Crippen LogP contribution in [0.4, 0.5) is 4.79 Å². The van der Waals surface area contributed by atoms with E-state index in [-0.39, 0.29) is 6.03 Å². The normalized spacial score (nSPS) is 30.0. The van der Waals surface area contributed by atoms with Gasteiger partial charge in [-0.2, -0.15) is 11.8 Å². The lowest BCUT2D eigenvalue weighted by Crippen LogP contribution is -2.48. The molecule has 0 aromatic heterocycles. The van der Waals surface area contributed by atoms with Crippen molar-refractivity contribution in [3.63, 3.8) is 0 Å². The van der Waals surface area contributed by atoms with Crippen LogP contribution in [0.2, 0.25) is 0 Å². The monoisotopic (exact) mass is 327 g/mol. The summed E-state index contributed by atoms with van der Waals surface area (Å²) in [7, 11) is 4.13. The average molecular weight is 328 g/mol. The number of hydrogen-bond donors (Lipinski definition) is 1. The molecule has 1 aliphatic heterocycles. The van der Waals surface area contributed by atoms with Crippen LogP contribution in [0.25, 0.3) is 0 Å². The number of carbonyl (C=O) groups excluding carboxylic acids is 1. The van der Waals surface area contributed by atoms with Gasteiger partial charge in [0.15, 0.2) is 0 Å². The molecule has 3 atom stereocenters. The molecular formula is C17H33N3OS. The summed E-state index contributed by atoms with van der Waals surface area (Å²) in [6, 6.07) is 0.502. The molecule has 1 saturated heterocycles. The van der Waals surface area contributed by atoms with Gasteiger partial charge in [-0.15, -0.1) is 0 Å². The number of nitrogens with one attached hydrogen (secondary N) is 1.